The van der Waals surface area contributed by atoms with Gasteiger partial charge in [-0.25, -0.2) is 14.4 Å². The molecule has 104 heavy (non-hydrogen) atoms. The Morgan fingerprint density at radius 3 is 1.93 bits per heavy atom. The molecule has 3 aromatic carbocycles. The zero-order valence-corrected chi connectivity index (χ0v) is 60.8. The molecule has 34 nitrogen and oxygen atoms in total. The van der Waals surface area contributed by atoms with Crippen molar-refractivity contribution in [1.29, 1.82) is 0 Å². The molecule has 8 atom stereocenters. The molecule has 7 rings (SSSR count). The Kier molecular flexibility index (Phi) is 31.5. The van der Waals surface area contributed by atoms with Crippen LogP contribution in [0.3, 0.4) is 0 Å². The molecule has 0 bridgehead atoms. The molecule has 3 aliphatic heterocycles. The standard InChI is InChI=1S/C67H88N18O16S3/c1-67(2,3)104-103-37-50(76-65(97)100-34-40-20-24-42(25-21-40)78-80-69)60(92)73-48(17-9-11-29-82(4)5)59(91)77-56(45-33-72-46-15-7-6-14-44(45)46)64(96)99-36-54(86)83-30-13-19-52(83)62(94)74-47(58(90)75-49(32-55(87)88)63(95)84-31-12-18-51(84)57(68)89)16-8-10-28-71-61(93)53-38-102-39-85(53)66(98)101-35-41-22-26-43(27-23-41)79-81-70/h6-7,14-15,20-27,33,47-53,56,72H,8-13,16-19,28-32,34-39H2,1-5H3,(H2,68,89)(H,71,93)(H,73,92)(H,74,94)(H,75,90)(H,76,97)(H,77,91)(H,87,88)/t47-,48-,49-,50-,51-,52-,53-,56?/m0/s1. The van der Waals surface area contributed by atoms with Gasteiger partial charge in [-0.3, -0.25) is 48.1 Å². The Balaban J connectivity index is 1.04. The highest BCUT2D eigenvalue weighted by Crippen LogP contribution is 2.36. The van der Waals surface area contributed by atoms with Crippen LogP contribution in [0.15, 0.2) is 89.2 Å². The number of hydrogen-bond acceptors (Lipinski definition) is 21. The largest absolute Gasteiger partial charge is 0.481 e. The van der Waals surface area contributed by atoms with Gasteiger partial charge in [0.15, 0.2) is 12.6 Å². The number of fused-ring (bicyclic) bond motifs is 1. The topological polar surface area (TPSA) is 477 Å². The molecule has 560 valence electrons. The number of carbonyl (C=O) groups is 12. The summed E-state index contributed by atoms with van der Waals surface area (Å²) in [5.74, 6) is -8.49. The number of carboxylic acids is 1. The van der Waals surface area contributed by atoms with Crippen LogP contribution in [0.2, 0.25) is 0 Å². The number of hydrogen-bond donors (Lipinski definition) is 9. The summed E-state index contributed by atoms with van der Waals surface area (Å²) in [6.07, 6.45) is 1.11. The van der Waals surface area contributed by atoms with Crippen LogP contribution in [0, 0.1) is 0 Å². The summed E-state index contributed by atoms with van der Waals surface area (Å²) < 4.78 is 16.4. The minimum absolute atomic E-state index is 0.00756. The molecule has 10 amide bonds. The number of aromatic amines is 1. The summed E-state index contributed by atoms with van der Waals surface area (Å²) in [7, 11) is 6.54. The van der Waals surface area contributed by atoms with Gasteiger partial charge in [0.1, 0.15) is 55.5 Å². The van der Waals surface area contributed by atoms with Gasteiger partial charge in [-0.2, -0.15) is 0 Å². The number of esters is 1. The third-order valence-corrected chi connectivity index (χ3v) is 21.2. The Labute approximate surface area is 611 Å². The Hall–Kier alpha value is -9.93. The zero-order valence-electron chi connectivity index (χ0n) is 58.3. The molecule has 0 spiro atoms. The highest BCUT2D eigenvalue weighted by molar-refractivity contribution is 8.77. The number of H-pyrrole nitrogens is 1. The molecule has 37 heteroatoms. The zero-order chi connectivity index (χ0) is 75.5. The third-order valence-electron chi connectivity index (χ3n) is 16.9. The molecule has 4 heterocycles. The lowest BCUT2D eigenvalue weighted by atomic mass is 10.0. The second kappa shape index (κ2) is 40.2. The van der Waals surface area contributed by atoms with Crippen molar-refractivity contribution in [3.8, 4) is 0 Å². The van der Waals surface area contributed by atoms with Gasteiger partial charge in [-0.1, -0.05) is 119 Å². The van der Waals surface area contributed by atoms with Crippen LogP contribution in [-0.4, -0.2) is 212 Å². The molecule has 3 fully saturated rings. The van der Waals surface area contributed by atoms with Gasteiger partial charge in [0.05, 0.1) is 12.3 Å². The number of likely N-dealkylation sites (tertiary alicyclic amines) is 2. The number of carbonyl (C=O) groups excluding carboxylic acids is 11. The highest BCUT2D eigenvalue weighted by atomic mass is 33.1. The van der Waals surface area contributed by atoms with E-state index in [2.05, 4.69) is 56.9 Å². The van der Waals surface area contributed by atoms with E-state index in [0.717, 1.165) is 9.80 Å². The molecular weight excluding hydrogens is 1410 g/mol. The summed E-state index contributed by atoms with van der Waals surface area (Å²) in [5.41, 5.74) is 25.8. The average molecular weight is 1500 g/mol. The van der Waals surface area contributed by atoms with Crippen LogP contribution in [-0.2, 0) is 75.4 Å². The van der Waals surface area contributed by atoms with Crippen molar-refractivity contribution >= 4 is 127 Å². The maximum Gasteiger partial charge on any atom is 0.411 e. The second-order valence-electron chi connectivity index (χ2n) is 26.0. The molecule has 3 saturated heterocycles. The van der Waals surface area contributed by atoms with E-state index in [9.17, 15) is 62.6 Å². The predicted molar refractivity (Wildman–Crippen MR) is 387 cm³/mol. The summed E-state index contributed by atoms with van der Waals surface area (Å²) in [6, 6.07) is 8.99. The van der Waals surface area contributed by atoms with Crippen molar-refractivity contribution in [2.45, 2.75) is 158 Å². The number of thioether (sulfide) groups is 1. The number of para-hydroxylation sites is 1. The van der Waals surface area contributed by atoms with Crippen LogP contribution in [0.5, 0.6) is 0 Å². The van der Waals surface area contributed by atoms with Crippen molar-refractivity contribution < 1.29 is 76.9 Å². The maximum atomic E-state index is 14.8. The number of primary amides is 1. The third kappa shape index (κ3) is 24.9. The van der Waals surface area contributed by atoms with Gasteiger partial charge in [0.2, 0.25) is 41.4 Å². The van der Waals surface area contributed by atoms with Crippen molar-refractivity contribution in [3.05, 3.63) is 117 Å². The summed E-state index contributed by atoms with van der Waals surface area (Å²) >= 11 is 1.34. The molecule has 0 aliphatic carbocycles. The second-order valence-corrected chi connectivity index (χ2v) is 30.2. The number of unbranched alkanes of at least 4 members (excludes halogenated alkanes) is 2. The van der Waals surface area contributed by atoms with Crippen molar-refractivity contribution in [1.82, 2.24) is 56.5 Å². The van der Waals surface area contributed by atoms with E-state index in [1.807, 2.05) is 39.8 Å². The van der Waals surface area contributed by atoms with Crippen LogP contribution in [0.1, 0.15) is 114 Å². The van der Waals surface area contributed by atoms with Crippen LogP contribution in [0.25, 0.3) is 31.8 Å². The maximum absolute atomic E-state index is 14.8. The van der Waals surface area contributed by atoms with Crippen molar-refractivity contribution in [2.24, 2.45) is 16.0 Å². The molecule has 1 unspecified atom stereocenters. The van der Waals surface area contributed by atoms with E-state index >= 15 is 0 Å². The lowest BCUT2D eigenvalue weighted by Gasteiger charge is -2.29. The van der Waals surface area contributed by atoms with E-state index in [1.165, 1.54) is 44.4 Å². The van der Waals surface area contributed by atoms with Gasteiger partial charge in [-0.05, 0) is 113 Å². The van der Waals surface area contributed by atoms with Gasteiger partial charge in [0.25, 0.3) is 5.91 Å². The minimum Gasteiger partial charge on any atom is -0.481 e. The predicted octanol–water partition coefficient (Wildman–Crippen LogP) is 6.35. The smallest absolute Gasteiger partial charge is 0.411 e. The van der Waals surface area contributed by atoms with E-state index in [-0.39, 0.29) is 105 Å². The first-order valence-corrected chi connectivity index (χ1v) is 37.2. The number of ether oxygens (including phenoxy) is 3. The number of rotatable bonds is 37. The SMILES string of the molecule is CN(C)CCCC[C@H](NC(=O)[C@H](CSSC(C)(C)C)NC(=O)OCc1ccc(N=[N+]=[N-])cc1)C(=O)NC(C(=O)OCC(=O)N1CCC[C@H]1C(=O)N[C@@H](CCCCNC(=O)[C@@H]1CSCN1C(=O)OCc1ccc(N=[N+]=[N-])cc1)C(=O)N[C@@H](CC(=O)O)C(=O)N1CCC[C@H]1C(N)=O)c1c[nH]c2ccccc12. The molecule has 0 radical (unpaired) electrons. The van der Waals surface area contributed by atoms with Crippen LogP contribution < -0.4 is 37.6 Å². The van der Waals surface area contributed by atoms with Gasteiger partial charge < -0.3 is 76.6 Å². The molecule has 4 aromatic rings. The van der Waals surface area contributed by atoms with E-state index in [0.29, 0.717) is 59.2 Å². The fourth-order valence-electron chi connectivity index (χ4n) is 11.6. The highest BCUT2D eigenvalue weighted by Gasteiger charge is 2.42. The number of aliphatic carboxylic acids is 1. The molecule has 3 aliphatic rings. The molecular formula is C67H88N18O16S3. The van der Waals surface area contributed by atoms with Gasteiger partial charge in [-0.15, -0.1) is 11.8 Å². The normalized spacial score (nSPS) is 17.0. The fourth-order valence-corrected chi connectivity index (χ4v) is 15.2. The number of aromatic nitrogens is 1. The van der Waals surface area contributed by atoms with E-state index in [4.69, 9.17) is 31.0 Å². The molecule has 0 saturated carbocycles. The lowest BCUT2D eigenvalue weighted by molar-refractivity contribution is -0.156. The number of carboxylic acid groups (broad SMARTS) is 1. The summed E-state index contributed by atoms with van der Waals surface area (Å²) in [6.45, 7) is 5.38. The van der Waals surface area contributed by atoms with Gasteiger partial charge in [0, 0.05) is 79.7 Å². The van der Waals surface area contributed by atoms with Crippen molar-refractivity contribution in [2.75, 3.05) is 64.3 Å². The average Bonchev–Trinajstić information content (AvgIpc) is 1.64. The Bertz CT molecular complexity index is 3810. The van der Waals surface area contributed by atoms with Gasteiger partial charge >= 0.3 is 24.1 Å². The fraction of sp³-hybridized carbons (Fsp3) is 0.522. The van der Waals surface area contributed by atoms with E-state index < -0.39 is 133 Å². The first kappa shape index (κ1) is 81.4. The quantitative estimate of drug-likeness (QED) is 0.00451. The van der Waals surface area contributed by atoms with Crippen LogP contribution >= 0.6 is 33.3 Å². The van der Waals surface area contributed by atoms with Crippen LogP contribution in [0.4, 0.5) is 21.0 Å². The summed E-state index contributed by atoms with van der Waals surface area (Å²) in [4.78, 5) is 180. The summed E-state index contributed by atoms with van der Waals surface area (Å²) in [5, 5.41) is 33.6. The first-order valence-electron chi connectivity index (χ1n) is 33.7. The number of azide groups is 2. The Morgan fingerprint density at radius 2 is 1.30 bits per heavy atom. The molecule has 1 aromatic heterocycles. The number of nitrogens with two attached hydrogens (primary N) is 1. The first-order chi connectivity index (χ1) is 49.7. The monoisotopic (exact) mass is 1500 g/mol. The number of benzene rings is 3. The minimum atomic E-state index is -1.72. The Morgan fingerprint density at radius 1 is 0.702 bits per heavy atom. The number of nitrogens with zero attached hydrogens (tertiary/aromatic N) is 10. The number of nitrogens with one attached hydrogen (secondary N) is 7. The van der Waals surface area contributed by atoms with E-state index in [1.54, 1.807) is 72.8 Å². The number of amides is 10. The molecule has 10 N–H and O–H groups in total. The lowest BCUT2D eigenvalue weighted by Crippen LogP contribution is -2.58. The van der Waals surface area contributed by atoms with Crippen molar-refractivity contribution in [3.63, 3.8) is 0 Å². The number of alkyl carbamates (subject to hydrolysis) is 1.